The van der Waals surface area contributed by atoms with E-state index in [-0.39, 0.29) is 41.9 Å². The molecule has 7 nitrogen and oxygen atoms in total. The Morgan fingerprint density at radius 3 is 2.67 bits per heavy atom. The van der Waals surface area contributed by atoms with Crippen molar-refractivity contribution >= 4 is 29.2 Å². The average Bonchev–Trinajstić information content (AvgIpc) is 2.37. The molecule has 0 saturated heterocycles. The van der Waals surface area contributed by atoms with E-state index in [0.717, 1.165) is 0 Å². The molecule has 0 aliphatic rings. The molecule has 1 atom stereocenters. The van der Waals surface area contributed by atoms with Crippen LogP contribution in [0.15, 0.2) is 18.2 Å². The largest absolute Gasteiger partial charge is 0.481 e. The smallest absolute Gasteiger partial charge is 0.303 e. The van der Waals surface area contributed by atoms with Crippen molar-refractivity contribution in [1.29, 1.82) is 0 Å². The van der Waals surface area contributed by atoms with E-state index >= 15 is 0 Å². The molecule has 0 heterocycles. The molecule has 1 rings (SSSR count). The van der Waals surface area contributed by atoms with Gasteiger partial charge in [0.1, 0.15) is 0 Å². The van der Waals surface area contributed by atoms with Crippen molar-refractivity contribution in [2.75, 3.05) is 6.54 Å². The van der Waals surface area contributed by atoms with Crippen molar-refractivity contribution in [2.24, 2.45) is 5.92 Å². The predicted octanol–water partition coefficient (Wildman–Crippen LogP) is 2.02. The Labute approximate surface area is 126 Å². The van der Waals surface area contributed by atoms with Crippen LogP contribution >= 0.6 is 11.6 Å². The highest BCUT2D eigenvalue weighted by atomic mass is 35.5. The minimum Gasteiger partial charge on any atom is -0.481 e. The number of amides is 1. The summed E-state index contributed by atoms with van der Waals surface area (Å²) in [5.74, 6) is -1.42. The van der Waals surface area contributed by atoms with Crippen LogP contribution in [0, 0.1) is 16.0 Å². The van der Waals surface area contributed by atoms with Crippen molar-refractivity contribution in [3.05, 3.63) is 38.9 Å². The van der Waals surface area contributed by atoms with Gasteiger partial charge in [0.25, 0.3) is 5.69 Å². The number of carbonyl (C=O) groups is 2. The van der Waals surface area contributed by atoms with Crippen LogP contribution in [0.5, 0.6) is 0 Å². The number of nitro benzene ring substituents is 1. The quantitative estimate of drug-likeness (QED) is 0.591. The number of nitro groups is 1. The van der Waals surface area contributed by atoms with Gasteiger partial charge in [-0.2, -0.15) is 0 Å². The highest BCUT2D eigenvalue weighted by molar-refractivity contribution is 6.31. The maximum Gasteiger partial charge on any atom is 0.303 e. The Kier molecular flexibility index (Phi) is 6.10. The molecule has 1 unspecified atom stereocenters. The van der Waals surface area contributed by atoms with Gasteiger partial charge in [0, 0.05) is 25.1 Å². The molecule has 114 valence electrons. The monoisotopic (exact) mass is 314 g/mol. The minimum atomic E-state index is -0.921. The topological polar surface area (TPSA) is 110 Å². The number of aliphatic carboxylic acids is 1. The van der Waals surface area contributed by atoms with Gasteiger partial charge in [0.15, 0.2) is 0 Å². The van der Waals surface area contributed by atoms with Crippen LogP contribution in [-0.4, -0.2) is 28.5 Å². The molecule has 8 heteroatoms. The van der Waals surface area contributed by atoms with Gasteiger partial charge in [0.05, 0.1) is 16.4 Å². The normalized spacial score (nSPS) is 11.7. The lowest BCUT2D eigenvalue weighted by molar-refractivity contribution is -0.384. The third-order valence-corrected chi connectivity index (χ3v) is 3.12. The molecule has 0 radical (unpaired) electrons. The summed E-state index contributed by atoms with van der Waals surface area (Å²) in [6.07, 6.45) is -0.0464. The number of halogens is 1. The molecule has 0 bridgehead atoms. The van der Waals surface area contributed by atoms with Gasteiger partial charge in [-0.25, -0.2) is 0 Å². The zero-order chi connectivity index (χ0) is 16.0. The minimum absolute atomic E-state index is 0.0172. The van der Waals surface area contributed by atoms with Gasteiger partial charge >= 0.3 is 5.97 Å². The fourth-order valence-corrected chi connectivity index (χ4v) is 1.93. The molecule has 0 spiro atoms. The maximum atomic E-state index is 11.7. The Hall–Kier alpha value is -2.15. The van der Waals surface area contributed by atoms with Gasteiger partial charge in [-0.05, 0) is 11.5 Å². The number of rotatable bonds is 7. The van der Waals surface area contributed by atoms with Crippen LogP contribution in [0.2, 0.25) is 5.02 Å². The van der Waals surface area contributed by atoms with Crippen molar-refractivity contribution in [2.45, 2.75) is 19.8 Å². The summed E-state index contributed by atoms with van der Waals surface area (Å²) < 4.78 is 0. The van der Waals surface area contributed by atoms with Crippen molar-refractivity contribution in [3.8, 4) is 0 Å². The molecule has 0 saturated carbocycles. The van der Waals surface area contributed by atoms with Crippen LogP contribution in [0.1, 0.15) is 18.9 Å². The van der Waals surface area contributed by atoms with E-state index in [2.05, 4.69) is 5.32 Å². The molecule has 0 fully saturated rings. The van der Waals surface area contributed by atoms with E-state index in [1.54, 1.807) is 6.92 Å². The number of carboxylic acids is 1. The molecular formula is C13H15ClN2O5. The van der Waals surface area contributed by atoms with Crippen molar-refractivity contribution in [3.63, 3.8) is 0 Å². The molecule has 1 aromatic carbocycles. The van der Waals surface area contributed by atoms with Crippen LogP contribution in [0.25, 0.3) is 0 Å². The lowest BCUT2D eigenvalue weighted by Crippen LogP contribution is -2.30. The third kappa shape index (κ3) is 5.78. The number of carbonyl (C=O) groups excluding carboxylic acids is 1. The highest BCUT2D eigenvalue weighted by Gasteiger charge is 2.13. The standard InChI is InChI=1S/C13H15ClN2O5/c1-8(4-13(18)19)7-15-12(17)5-9-2-3-10(16(20)21)6-11(9)14/h2-3,6,8H,4-5,7H2,1H3,(H,15,17)(H,18,19). The second-order valence-electron chi connectivity index (χ2n) is 4.72. The molecule has 2 N–H and O–H groups in total. The fraction of sp³-hybridized carbons (Fsp3) is 0.385. The van der Waals surface area contributed by atoms with E-state index in [9.17, 15) is 19.7 Å². The fourth-order valence-electron chi connectivity index (χ4n) is 1.69. The number of benzene rings is 1. The van der Waals surface area contributed by atoms with Gasteiger partial charge < -0.3 is 10.4 Å². The van der Waals surface area contributed by atoms with E-state index < -0.39 is 10.9 Å². The summed E-state index contributed by atoms with van der Waals surface area (Å²) in [4.78, 5) is 32.2. The van der Waals surface area contributed by atoms with Gasteiger partial charge in [0.2, 0.25) is 5.91 Å². The van der Waals surface area contributed by atoms with E-state index in [4.69, 9.17) is 16.7 Å². The Balaban J connectivity index is 2.55. The summed E-state index contributed by atoms with van der Waals surface area (Å²) in [5, 5.41) is 21.9. The SMILES string of the molecule is CC(CNC(=O)Cc1ccc([N+](=O)[O-])cc1Cl)CC(=O)O. The number of nitrogens with zero attached hydrogens (tertiary/aromatic N) is 1. The zero-order valence-electron chi connectivity index (χ0n) is 11.3. The molecule has 21 heavy (non-hydrogen) atoms. The van der Waals surface area contributed by atoms with Crippen LogP contribution in [-0.2, 0) is 16.0 Å². The molecule has 1 amide bonds. The van der Waals surface area contributed by atoms with Crippen LogP contribution in [0.4, 0.5) is 5.69 Å². The van der Waals surface area contributed by atoms with Crippen molar-refractivity contribution in [1.82, 2.24) is 5.32 Å². The first-order chi connectivity index (χ1) is 9.79. The predicted molar refractivity (Wildman–Crippen MR) is 76.2 cm³/mol. The lowest BCUT2D eigenvalue weighted by Gasteiger charge is -2.10. The summed E-state index contributed by atoms with van der Waals surface area (Å²) in [6, 6.07) is 3.90. The molecule has 0 aromatic heterocycles. The lowest BCUT2D eigenvalue weighted by atomic mass is 10.1. The summed E-state index contributed by atoms with van der Waals surface area (Å²) >= 11 is 5.89. The van der Waals surface area contributed by atoms with Gasteiger partial charge in [-0.15, -0.1) is 0 Å². The van der Waals surface area contributed by atoms with Crippen molar-refractivity contribution < 1.29 is 19.6 Å². The molecular weight excluding hydrogens is 300 g/mol. The maximum absolute atomic E-state index is 11.7. The number of non-ortho nitro benzene ring substituents is 1. The molecule has 0 aliphatic heterocycles. The van der Waals surface area contributed by atoms with E-state index in [1.165, 1.54) is 18.2 Å². The summed E-state index contributed by atoms with van der Waals surface area (Å²) in [5.41, 5.74) is 0.338. The first kappa shape index (κ1) is 16.9. The second kappa shape index (κ2) is 7.58. The Bertz CT molecular complexity index is 561. The second-order valence-corrected chi connectivity index (χ2v) is 5.12. The van der Waals surface area contributed by atoms with Crippen LogP contribution in [0.3, 0.4) is 0 Å². The van der Waals surface area contributed by atoms with Gasteiger partial charge in [-0.1, -0.05) is 24.6 Å². The summed E-state index contributed by atoms with van der Waals surface area (Å²) in [7, 11) is 0. The van der Waals surface area contributed by atoms with Gasteiger partial charge in [-0.3, -0.25) is 19.7 Å². The molecule has 1 aromatic rings. The first-order valence-corrected chi connectivity index (χ1v) is 6.58. The average molecular weight is 315 g/mol. The number of nitrogens with one attached hydrogen (secondary N) is 1. The Morgan fingerprint density at radius 1 is 1.48 bits per heavy atom. The number of hydrogen-bond acceptors (Lipinski definition) is 4. The number of hydrogen-bond donors (Lipinski definition) is 2. The molecule has 0 aliphatic carbocycles. The van der Waals surface area contributed by atoms with E-state index in [0.29, 0.717) is 5.56 Å². The highest BCUT2D eigenvalue weighted by Crippen LogP contribution is 2.22. The van der Waals surface area contributed by atoms with Crippen LogP contribution < -0.4 is 5.32 Å². The summed E-state index contributed by atoms with van der Waals surface area (Å²) in [6.45, 7) is 1.96. The Morgan fingerprint density at radius 2 is 2.14 bits per heavy atom. The number of carboxylic acid groups (broad SMARTS) is 1. The van der Waals surface area contributed by atoms with E-state index in [1.807, 2.05) is 0 Å². The third-order valence-electron chi connectivity index (χ3n) is 2.77. The zero-order valence-corrected chi connectivity index (χ0v) is 12.1. The first-order valence-electron chi connectivity index (χ1n) is 6.21.